The quantitative estimate of drug-likeness (QED) is 0.488. The fourth-order valence-corrected chi connectivity index (χ4v) is 1.56. The van der Waals surface area contributed by atoms with Gasteiger partial charge in [-0.25, -0.2) is 9.59 Å². The summed E-state index contributed by atoms with van der Waals surface area (Å²) in [5, 5.41) is 16.3. The zero-order valence-corrected chi connectivity index (χ0v) is 10.1. The number of ether oxygens (including phenoxy) is 1. The van der Waals surface area contributed by atoms with Crippen LogP contribution in [0.15, 0.2) is 0 Å². The van der Waals surface area contributed by atoms with Gasteiger partial charge < -0.3 is 25.8 Å². The largest absolute Gasteiger partial charge is 0.479 e. The molecule has 1 heterocycles. The van der Waals surface area contributed by atoms with E-state index in [0.29, 0.717) is 6.61 Å². The predicted octanol–water partition coefficient (Wildman–Crippen LogP) is -1.33. The van der Waals surface area contributed by atoms with Gasteiger partial charge in [0.1, 0.15) is 0 Å². The molecular formula is C10H17N3O5. The van der Waals surface area contributed by atoms with Crippen molar-refractivity contribution < 1.29 is 24.2 Å². The number of carboxylic acids is 1. The summed E-state index contributed by atoms with van der Waals surface area (Å²) < 4.78 is 5.00. The summed E-state index contributed by atoms with van der Waals surface area (Å²) in [6.45, 7) is 0.387. The lowest BCUT2D eigenvalue weighted by Gasteiger charge is -2.23. The van der Waals surface area contributed by atoms with E-state index in [1.165, 1.54) is 7.05 Å². The lowest BCUT2D eigenvalue weighted by Crippen LogP contribution is -2.57. The maximum absolute atomic E-state index is 11.5. The zero-order chi connectivity index (χ0) is 13.6. The van der Waals surface area contributed by atoms with E-state index in [0.717, 1.165) is 0 Å². The van der Waals surface area contributed by atoms with Crippen LogP contribution in [0.2, 0.25) is 0 Å². The van der Waals surface area contributed by atoms with Gasteiger partial charge in [-0.05, 0) is 0 Å². The molecule has 0 aromatic heterocycles. The SMILES string of the molecule is CNC(=O)CCNC(=O)NC1(C(=O)O)CCOC1. The molecule has 0 aliphatic carbocycles. The van der Waals surface area contributed by atoms with Crippen molar-refractivity contribution in [2.75, 3.05) is 26.8 Å². The van der Waals surface area contributed by atoms with E-state index in [4.69, 9.17) is 9.84 Å². The number of hydrogen-bond donors (Lipinski definition) is 4. The number of aliphatic carboxylic acids is 1. The molecule has 8 heteroatoms. The van der Waals surface area contributed by atoms with Crippen LogP contribution >= 0.6 is 0 Å². The fraction of sp³-hybridized carbons (Fsp3) is 0.700. The molecule has 1 saturated heterocycles. The number of nitrogens with one attached hydrogen (secondary N) is 3. The van der Waals surface area contributed by atoms with Gasteiger partial charge in [0, 0.05) is 33.0 Å². The van der Waals surface area contributed by atoms with Crippen molar-refractivity contribution >= 4 is 17.9 Å². The number of carbonyl (C=O) groups is 3. The molecule has 1 aliphatic heterocycles. The molecule has 102 valence electrons. The summed E-state index contributed by atoms with van der Waals surface area (Å²) in [5.41, 5.74) is -1.36. The fourth-order valence-electron chi connectivity index (χ4n) is 1.56. The van der Waals surface area contributed by atoms with E-state index in [9.17, 15) is 14.4 Å². The van der Waals surface area contributed by atoms with E-state index < -0.39 is 17.5 Å². The highest BCUT2D eigenvalue weighted by atomic mass is 16.5. The Kier molecular flexibility index (Phi) is 4.90. The van der Waals surface area contributed by atoms with Crippen molar-refractivity contribution in [2.45, 2.75) is 18.4 Å². The van der Waals surface area contributed by atoms with Crippen LogP contribution in [0, 0.1) is 0 Å². The first-order chi connectivity index (χ1) is 8.50. The first-order valence-electron chi connectivity index (χ1n) is 5.58. The van der Waals surface area contributed by atoms with Gasteiger partial charge in [0.25, 0.3) is 0 Å². The topological polar surface area (TPSA) is 117 Å². The molecule has 1 rings (SSSR count). The van der Waals surface area contributed by atoms with Gasteiger partial charge in [-0.2, -0.15) is 0 Å². The summed E-state index contributed by atoms with van der Waals surface area (Å²) in [7, 11) is 1.50. The van der Waals surface area contributed by atoms with Gasteiger partial charge in [-0.1, -0.05) is 0 Å². The first kappa shape index (κ1) is 14.2. The van der Waals surface area contributed by atoms with Gasteiger partial charge in [0.2, 0.25) is 5.91 Å². The number of amides is 3. The summed E-state index contributed by atoms with van der Waals surface area (Å²) in [5.74, 6) is -1.33. The predicted molar refractivity (Wildman–Crippen MR) is 61.0 cm³/mol. The minimum absolute atomic E-state index is 0.0504. The first-order valence-corrected chi connectivity index (χ1v) is 5.58. The molecule has 0 aromatic carbocycles. The molecule has 0 spiro atoms. The van der Waals surface area contributed by atoms with Crippen LogP contribution in [0.3, 0.4) is 0 Å². The summed E-state index contributed by atoms with van der Waals surface area (Å²) in [6, 6.07) is -0.619. The third kappa shape index (κ3) is 3.59. The monoisotopic (exact) mass is 259 g/mol. The highest BCUT2D eigenvalue weighted by Gasteiger charge is 2.43. The van der Waals surface area contributed by atoms with Crippen LogP contribution < -0.4 is 16.0 Å². The molecule has 0 radical (unpaired) electrons. The van der Waals surface area contributed by atoms with Gasteiger partial charge in [-0.15, -0.1) is 0 Å². The van der Waals surface area contributed by atoms with Gasteiger partial charge >= 0.3 is 12.0 Å². The molecule has 1 atom stereocenters. The van der Waals surface area contributed by atoms with Crippen molar-refractivity contribution in [1.82, 2.24) is 16.0 Å². The molecule has 8 nitrogen and oxygen atoms in total. The minimum atomic E-state index is -1.36. The second-order valence-electron chi connectivity index (χ2n) is 3.99. The molecule has 1 aliphatic rings. The average molecular weight is 259 g/mol. The zero-order valence-electron chi connectivity index (χ0n) is 10.1. The molecule has 1 unspecified atom stereocenters. The Labute approximate surface area is 104 Å². The number of carbonyl (C=O) groups excluding carboxylic acids is 2. The summed E-state index contributed by atoms with van der Waals surface area (Å²) >= 11 is 0. The second kappa shape index (κ2) is 6.20. The molecule has 0 aromatic rings. The van der Waals surface area contributed by atoms with Crippen molar-refractivity contribution in [1.29, 1.82) is 0 Å². The van der Waals surface area contributed by atoms with Gasteiger partial charge in [-0.3, -0.25) is 4.79 Å². The summed E-state index contributed by atoms with van der Waals surface area (Å²) in [4.78, 5) is 33.5. The average Bonchev–Trinajstić information content (AvgIpc) is 2.78. The van der Waals surface area contributed by atoms with E-state index >= 15 is 0 Å². The highest BCUT2D eigenvalue weighted by Crippen LogP contribution is 2.18. The Bertz CT molecular complexity index is 338. The molecule has 3 amide bonds. The molecule has 0 bridgehead atoms. The van der Waals surface area contributed by atoms with E-state index in [1.54, 1.807) is 0 Å². The van der Waals surface area contributed by atoms with Crippen LogP contribution in [0.25, 0.3) is 0 Å². The Hall–Kier alpha value is -1.83. The lowest BCUT2D eigenvalue weighted by molar-refractivity contribution is -0.144. The Balaban J connectivity index is 2.38. The van der Waals surface area contributed by atoms with Crippen molar-refractivity contribution in [3.05, 3.63) is 0 Å². The van der Waals surface area contributed by atoms with Crippen molar-refractivity contribution in [3.63, 3.8) is 0 Å². The van der Waals surface area contributed by atoms with Crippen LogP contribution in [0.5, 0.6) is 0 Å². The second-order valence-corrected chi connectivity index (χ2v) is 3.99. The smallest absolute Gasteiger partial charge is 0.332 e. The highest BCUT2D eigenvalue weighted by molar-refractivity contribution is 5.87. The van der Waals surface area contributed by atoms with Crippen LogP contribution in [-0.2, 0) is 14.3 Å². The summed E-state index contributed by atoms with van der Waals surface area (Å²) in [6.07, 6.45) is 0.367. The van der Waals surface area contributed by atoms with Crippen LogP contribution in [0.1, 0.15) is 12.8 Å². The van der Waals surface area contributed by atoms with Gasteiger partial charge in [0.05, 0.1) is 6.61 Å². The normalized spacial score (nSPS) is 22.3. The standard InChI is InChI=1S/C10H17N3O5/c1-11-7(14)2-4-12-9(17)13-10(8(15)16)3-5-18-6-10/h2-6H2,1H3,(H,11,14)(H,15,16)(H2,12,13,17). The number of carboxylic acid groups (broad SMARTS) is 1. The number of hydrogen-bond acceptors (Lipinski definition) is 4. The maximum Gasteiger partial charge on any atom is 0.332 e. The van der Waals surface area contributed by atoms with Gasteiger partial charge in [0.15, 0.2) is 5.54 Å². The number of urea groups is 1. The molecule has 18 heavy (non-hydrogen) atoms. The van der Waals surface area contributed by atoms with E-state index in [-0.39, 0.29) is 31.9 Å². The van der Waals surface area contributed by atoms with Crippen LogP contribution in [0.4, 0.5) is 4.79 Å². The third-order valence-electron chi connectivity index (χ3n) is 2.70. The van der Waals surface area contributed by atoms with E-state index in [1.807, 2.05) is 0 Å². The third-order valence-corrected chi connectivity index (χ3v) is 2.70. The molecule has 4 N–H and O–H groups in total. The van der Waals surface area contributed by atoms with Crippen molar-refractivity contribution in [2.24, 2.45) is 0 Å². The lowest BCUT2D eigenvalue weighted by atomic mass is 9.99. The Morgan fingerprint density at radius 3 is 2.61 bits per heavy atom. The van der Waals surface area contributed by atoms with E-state index in [2.05, 4.69) is 16.0 Å². The Morgan fingerprint density at radius 1 is 1.39 bits per heavy atom. The molecule has 0 saturated carbocycles. The minimum Gasteiger partial charge on any atom is -0.479 e. The molecule has 1 fully saturated rings. The van der Waals surface area contributed by atoms with Crippen LogP contribution in [-0.4, -0.2) is 55.4 Å². The number of rotatable bonds is 5. The molecular weight excluding hydrogens is 242 g/mol. The Morgan fingerprint density at radius 2 is 2.11 bits per heavy atom. The van der Waals surface area contributed by atoms with Crippen molar-refractivity contribution in [3.8, 4) is 0 Å². The maximum atomic E-state index is 11.5.